The first kappa shape index (κ1) is 18.0. The zero-order chi connectivity index (χ0) is 18.9. The molecule has 4 rings (SSSR count). The van der Waals surface area contributed by atoms with Crippen molar-refractivity contribution in [1.29, 1.82) is 0 Å². The van der Waals surface area contributed by atoms with Gasteiger partial charge in [-0.1, -0.05) is 62.4 Å². The zero-order valence-corrected chi connectivity index (χ0v) is 16.6. The van der Waals surface area contributed by atoms with Crippen LogP contribution in [0, 0.1) is 11.8 Å². The SMILES string of the molecule is CC(C)[C@@H]1CC[C@@](C)(c2cc(-c3ccccc3)cc(-c3ccccc3)[o+]2)C1. The summed E-state index contributed by atoms with van der Waals surface area (Å²) in [6, 6.07) is 25.6. The van der Waals surface area contributed by atoms with Crippen LogP contribution in [-0.2, 0) is 5.41 Å². The van der Waals surface area contributed by atoms with Gasteiger partial charge in [-0.05, 0) is 55.7 Å². The van der Waals surface area contributed by atoms with Gasteiger partial charge in [-0.3, -0.25) is 0 Å². The number of hydrogen-bond donors (Lipinski definition) is 0. The van der Waals surface area contributed by atoms with Crippen molar-refractivity contribution in [2.45, 2.75) is 45.4 Å². The molecule has 0 spiro atoms. The molecule has 2 aromatic carbocycles. The molecule has 0 radical (unpaired) electrons. The van der Waals surface area contributed by atoms with Gasteiger partial charge >= 0.3 is 11.5 Å². The average molecular weight is 358 g/mol. The fourth-order valence-electron chi connectivity index (χ4n) is 4.42. The summed E-state index contributed by atoms with van der Waals surface area (Å²) < 4.78 is 6.54. The standard InChI is InChI=1S/C26H29O/c1-19(2)22-14-15-26(3,18-22)25-17-23(20-10-6-4-7-11-20)16-24(27-25)21-12-8-5-9-13-21/h4-13,16-17,19,22H,14-15,18H2,1-3H3/q+1/t22-,26-/m1/s1. The Morgan fingerprint density at radius 2 is 1.48 bits per heavy atom. The summed E-state index contributed by atoms with van der Waals surface area (Å²) in [7, 11) is 0. The van der Waals surface area contributed by atoms with Crippen molar-refractivity contribution in [3.63, 3.8) is 0 Å². The molecule has 0 aliphatic heterocycles. The van der Waals surface area contributed by atoms with Gasteiger partial charge in [0.1, 0.15) is 0 Å². The highest BCUT2D eigenvalue weighted by Gasteiger charge is 2.45. The van der Waals surface area contributed by atoms with Crippen LogP contribution in [0.5, 0.6) is 0 Å². The Morgan fingerprint density at radius 1 is 0.852 bits per heavy atom. The van der Waals surface area contributed by atoms with Crippen molar-refractivity contribution in [2.75, 3.05) is 0 Å². The minimum atomic E-state index is 0.114. The van der Waals surface area contributed by atoms with Gasteiger partial charge in [0.15, 0.2) is 0 Å². The van der Waals surface area contributed by atoms with E-state index in [1.54, 1.807) is 0 Å². The zero-order valence-electron chi connectivity index (χ0n) is 16.6. The number of hydrogen-bond acceptors (Lipinski definition) is 0. The van der Waals surface area contributed by atoms with E-state index in [4.69, 9.17) is 4.42 Å². The molecule has 1 aliphatic carbocycles. The molecule has 2 atom stereocenters. The van der Waals surface area contributed by atoms with Gasteiger partial charge in [0, 0.05) is 11.6 Å². The lowest BCUT2D eigenvalue weighted by molar-refractivity contribution is 0.325. The van der Waals surface area contributed by atoms with Crippen molar-refractivity contribution in [2.24, 2.45) is 11.8 Å². The summed E-state index contributed by atoms with van der Waals surface area (Å²) in [6.45, 7) is 7.09. The van der Waals surface area contributed by atoms with Gasteiger partial charge in [0.05, 0.1) is 17.0 Å². The molecule has 1 heterocycles. The topological polar surface area (TPSA) is 11.3 Å². The lowest BCUT2D eigenvalue weighted by Crippen LogP contribution is -2.19. The lowest BCUT2D eigenvalue weighted by Gasteiger charge is -2.19. The first-order valence-electron chi connectivity index (χ1n) is 10.1. The van der Waals surface area contributed by atoms with Crippen LogP contribution in [0.25, 0.3) is 22.5 Å². The van der Waals surface area contributed by atoms with Gasteiger partial charge in [-0.2, -0.15) is 0 Å². The molecular weight excluding hydrogens is 328 g/mol. The molecule has 27 heavy (non-hydrogen) atoms. The van der Waals surface area contributed by atoms with E-state index in [0.717, 1.165) is 28.9 Å². The largest absolute Gasteiger partial charge is 0.360 e. The third-order valence-electron chi connectivity index (χ3n) is 6.28. The minimum absolute atomic E-state index is 0.114. The third kappa shape index (κ3) is 3.69. The predicted molar refractivity (Wildman–Crippen MR) is 114 cm³/mol. The maximum atomic E-state index is 6.54. The molecule has 138 valence electrons. The second-order valence-electron chi connectivity index (χ2n) is 8.61. The Kier molecular flexibility index (Phi) is 4.86. The van der Waals surface area contributed by atoms with Crippen molar-refractivity contribution in [3.05, 3.63) is 78.6 Å². The van der Waals surface area contributed by atoms with Crippen LogP contribution in [-0.4, -0.2) is 0 Å². The molecule has 0 saturated heterocycles. The van der Waals surface area contributed by atoms with Gasteiger partial charge < -0.3 is 0 Å². The van der Waals surface area contributed by atoms with Crippen LogP contribution in [0.2, 0.25) is 0 Å². The van der Waals surface area contributed by atoms with Crippen molar-refractivity contribution >= 4 is 0 Å². The van der Waals surface area contributed by atoms with Gasteiger partial charge in [-0.15, -0.1) is 0 Å². The lowest BCUT2D eigenvalue weighted by atomic mass is 9.82. The Labute approximate surface area is 163 Å². The predicted octanol–water partition coefficient (Wildman–Crippen LogP) is 7.61. The summed E-state index contributed by atoms with van der Waals surface area (Å²) in [6.07, 6.45) is 3.70. The smallest absolute Gasteiger partial charge is 0.212 e. The first-order valence-corrected chi connectivity index (χ1v) is 10.1. The van der Waals surface area contributed by atoms with Crippen molar-refractivity contribution < 1.29 is 4.42 Å². The van der Waals surface area contributed by atoms with Crippen LogP contribution >= 0.6 is 0 Å². The second kappa shape index (κ2) is 7.31. The highest BCUT2D eigenvalue weighted by Crippen LogP contribution is 2.47. The van der Waals surface area contributed by atoms with Crippen molar-refractivity contribution in [3.8, 4) is 22.5 Å². The Balaban J connectivity index is 1.82. The molecule has 1 saturated carbocycles. The highest BCUT2D eigenvalue weighted by molar-refractivity contribution is 5.70. The molecule has 1 fully saturated rings. The molecule has 1 nitrogen and oxygen atoms in total. The Bertz CT molecular complexity index is 840. The number of benzene rings is 2. The second-order valence-corrected chi connectivity index (χ2v) is 8.61. The Hall–Kier alpha value is -2.41. The van der Waals surface area contributed by atoms with E-state index < -0.39 is 0 Å². The van der Waals surface area contributed by atoms with Crippen LogP contribution in [0.3, 0.4) is 0 Å². The molecule has 3 aromatic rings. The molecule has 0 unspecified atom stereocenters. The maximum Gasteiger partial charge on any atom is 0.360 e. The monoisotopic (exact) mass is 357 g/mol. The minimum Gasteiger partial charge on any atom is -0.212 e. The molecule has 0 bridgehead atoms. The maximum absolute atomic E-state index is 6.54. The van der Waals surface area contributed by atoms with E-state index >= 15 is 0 Å². The molecule has 0 N–H and O–H groups in total. The van der Waals surface area contributed by atoms with Crippen LogP contribution in [0.4, 0.5) is 0 Å². The first-order chi connectivity index (χ1) is 13.0. The van der Waals surface area contributed by atoms with Crippen molar-refractivity contribution in [1.82, 2.24) is 0 Å². The van der Waals surface area contributed by atoms with Gasteiger partial charge in [-0.25, -0.2) is 4.42 Å². The summed E-state index contributed by atoms with van der Waals surface area (Å²) in [4.78, 5) is 0. The number of rotatable bonds is 4. The van der Waals surface area contributed by atoms with E-state index in [-0.39, 0.29) is 5.41 Å². The fraction of sp³-hybridized carbons (Fsp3) is 0.346. The normalized spacial score (nSPS) is 22.3. The van der Waals surface area contributed by atoms with Crippen LogP contribution in [0.1, 0.15) is 45.8 Å². The van der Waals surface area contributed by atoms with E-state index in [1.165, 1.54) is 30.4 Å². The van der Waals surface area contributed by atoms with Crippen LogP contribution in [0.15, 0.2) is 77.2 Å². The summed E-state index contributed by atoms with van der Waals surface area (Å²) >= 11 is 0. The summed E-state index contributed by atoms with van der Waals surface area (Å²) in [5.74, 6) is 3.61. The van der Waals surface area contributed by atoms with E-state index in [9.17, 15) is 0 Å². The van der Waals surface area contributed by atoms with E-state index in [1.807, 2.05) is 0 Å². The van der Waals surface area contributed by atoms with Gasteiger partial charge in [0.2, 0.25) is 0 Å². The quantitative estimate of drug-likeness (QED) is 0.437. The summed E-state index contributed by atoms with van der Waals surface area (Å²) in [5.41, 5.74) is 3.74. The summed E-state index contributed by atoms with van der Waals surface area (Å²) in [5, 5.41) is 0. The molecule has 1 aliphatic rings. The fourth-order valence-corrected chi connectivity index (χ4v) is 4.42. The average Bonchev–Trinajstić information content (AvgIpc) is 3.13. The molecule has 0 amide bonds. The molecular formula is C26H29O+. The molecule has 1 heteroatoms. The van der Waals surface area contributed by atoms with E-state index in [0.29, 0.717) is 0 Å². The third-order valence-corrected chi connectivity index (χ3v) is 6.28. The molecule has 1 aromatic heterocycles. The Morgan fingerprint density at radius 3 is 2.07 bits per heavy atom. The van der Waals surface area contributed by atoms with Gasteiger partial charge in [0.25, 0.3) is 0 Å². The van der Waals surface area contributed by atoms with E-state index in [2.05, 4.69) is 93.6 Å². The van der Waals surface area contributed by atoms with Crippen LogP contribution < -0.4 is 0 Å². The highest BCUT2D eigenvalue weighted by atomic mass is 16.3.